The fourth-order valence-electron chi connectivity index (χ4n) is 3.12. The van der Waals surface area contributed by atoms with Crippen molar-refractivity contribution < 1.29 is 9.18 Å². The Morgan fingerprint density at radius 1 is 1.32 bits per heavy atom. The molecule has 2 bridgehead atoms. The normalized spacial score (nSPS) is 28.9. The lowest BCUT2D eigenvalue weighted by Gasteiger charge is -2.26. The second-order valence-electron chi connectivity index (χ2n) is 5.29. The molecule has 2 aliphatic rings. The third-order valence-corrected chi connectivity index (χ3v) is 5.65. The largest absolute Gasteiger partial charge is 0.294 e. The molecule has 1 aromatic carbocycles. The van der Waals surface area contributed by atoms with Gasteiger partial charge in [-0.25, -0.2) is 4.39 Å². The number of thioether (sulfide) groups is 1. The molecule has 98 valence electrons. The van der Waals surface area contributed by atoms with Gasteiger partial charge >= 0.3 is 0 Å². The molecule has 2 nitrogen and oxygen atoms in total. The summed E-state index contributed by atoms with van der Waals surface area (Å²) in [7, 11) is 0. The van der Waals surface area contributed by atoms with Crippen molar-refractivity contribution >= 4 is 17.5 Å². The maximum Gasteiger partial charge on any atom is 0.167 e. The number of carbonyl (C=O) groups is 1. The van der Waals surface area contributed by atoms with Gasteiger partial charge in [-0.2, -0.15) is 17.0 Å². The van der Waals surface area contributed by atoms with Crippen molar-refractivity contribution in [3.63, 3.8) is 0 Å². The molecular formula is C15H14FNOS. The Morgan fingerprint density at radius 2 is 2.00 bits per heavy atom. The average molecular weight is 275 g/mol. The quantitative estimate of drug-likeness (QED) is 0.775. The van der Waals surface area contributed by atoms with E-state index in [9.17, 15) is 9.18 Å². The average Bonchev–Trinajstić information content (AvgIpc) is 2.76. The summed E-state index contributed by atoms with van der Waals surface area (Å²) < 4.78 is 13.1. The summed E-state index contributed by atoms with van der Waals surface area (Å²) in [6, 6.07) is 5.80. The number of Topliss-reactive ketones (excluding diaryl/α,β-unsaturated/α-hetero) is 1. The Labute approximate surface area is 116 Å². The van der Waals surface area contributed by atoms with E-state index in [1.807, 2.05) is 17.8 Å². The number of ketones is 1. The van der Waals surface area contributed by atoms with Gasteiger partial charge < -0.3 is 0 Å². The number of halogens is 1. The zero-order valence-electron chi connectivity index (χ0n) is 10.4. The fraction of sp³-hybridized carbons (Fsp3) is 0.467. The molecule has 0 spiro atoms. The van der Waals surface area contributed by atoms with Crippen molar-refractivity contribution in [2.24, 2.45) is 5.92 Å². The van der Waals surface area contributed by atoms with Crippen LogP contribution >= 0.6 is 11.8 Å². The van der Waals surface area contributed by atoms with Gasteiger partial charge in [-0.15, -0.1) is 0 Å². The van der Waals surface area contributed by atoms with Crippen LogP contribution in [0.25, 0.3) is 0 Å². The van der Waals surface area contributed by atoms with E-state index in [0.717, 1.165) is 18.9 Å². The first-order valence-corrected chi connectivity index (χ1v) is 7.51. The zero-order valence-corrected chi connectivity index (χ0v) is 11.3. The van der Waals surface area contributed by atoms with Crippen LogP contribution in [0.5, 0.6) is 0 Å². The van der Waals surface area contributed by atoms with Gasteiger partial charge in [0.2, 0.25) is 0 Å². The second kappa shape index (κ2) is 4.97. The molecule has 19 heavy (non-hydrogen) atoms. The summed E-state index contributed by atoms with van der Waals surface area (Å²) >= 11 is 2.00. The monoisotopic (exact) mass is 275 g/mol. The highest BCUT2D eigenvalue weighted by molar-refractivity contribution is 8.00. The van der Waals surface area contributed by atoms with Crippen LogP contribution in [0.4, 0.5) is 4.39 Å². The summed E-state index contributed by atoms with van der Waals surface area (Å²) in [6.07, 6.45) is 4.21. The molecule has 0 radical (unpaired) electrons. The van der Waals surface area contributed by atoms with E-state index in [1.165, 1.54) is 25.0 Å². The lowest BCUT2D eigenvalue weighted by molar-refractivity contribution is 0.0906. The van der Waals surface area contributed by atoms with Crippen molar-refractivity contribution in [2.45, 2.75) is 36.2 Å². The molecule has 2 unspecified atom stereocenters. The molecule has 0 saturated carbocycles. The van der Waals surface area contributed by atoms with Gasteiger partial charge in [0.15, 0.2) is 5.78 Å². The van der Waals surface area contributed by atoms with E-state index in [0.29, 0.717) is 16.1 Å². The number of carbonyl (C=O) groups excluding carboxylic acids is 1. The maximum absolute atomic E-state index is 13.1. The van der Waals surface area contributed by atoms with E-state index >= 15 is 0 Å². The SMILES string of the molecule is N#Cc1cc(F)ccc1C(=O)C1CC2CCC(C1)S2. The first-order valence-electron chi connectivity index (χ1n) is 6.56. The third kappa shape index (κ3) is 2.40. The van der Waals surface area contributed by atoms with E-state index in [-0.39, 0.29) is 17.3 Å². The van der Waals surface area contributed by atoms with Crippen LogP contribution in [-0.4, -0.2) is 16.3 Å². The Hall–Kier alpha value is -1.34. The van der Waals surface area contributed by atoms with Gasteiger partial charge in [-0.1, -0.05) is 0 Å². The molecule has 1 aromatic rings. The van der Waals surface area contributed by atoms with Crippen molar-refractivity contribution in [3.8, 4) is 6.07 Å². The van der Waals surface area contributed by atoms with Crippen molar-refractivity contribution in [1.29, 1.82) is 5.26 Å². The molecule has 0 N–H and O–H groups in total. The minimum Gasteiger partial charge on any atom is -0.294 e. The topological polar surface area (TPSA) is 40.9 Å². The number of benzene rings is 1. The Balaban J connectivity index is 1.86. The van der Waals surface area contributed by atoms with Crippen LogP contribution in [0.2, 0.25) is 0 Å². The maximum atomic E-state index is 13.1. The van der Waals surface area contributed by atoms with E-state index in [2.05, 4.69) is 0 Å². The number of hydrogen-bond donors (Lipinski definition) is 0. The number of nitrogens with zero attached hydrogens (tertiary/aromatic N) is 1. The summed E-state index contributed by atoms with van der Waals surface area (Å²) in [5.41, 5.74) is 0.552. The van der Waals surface area contributed by atoms with Gasteiger partial charge in [0.25, 0.3) is 0 Å². The van der Waals surface area contributed by atoms with Gasteiger partial charge in [-0.3, -0.25) is 4.79 Å². The number of fused-ring (bicyclic) bond motifs is 2. The lowest BCUT2D eigenvalue weighted by atomic mass is 9.88. The van der Waals surface area contributed by atoms with E-state index < -0.39 is 5.82 Å². The van der Waals surface area contributed by atoms with Gasteiger partial charge in [0.05, 0.1) is 11.6 Å². The van der Waals surface area contributed by atoms with Crippen LogP contribution in [0, 0.1) is 23.1 Å². The molecule has 0 amide bonds. The minimum atomic E-state index is -0.465. The standard InChI is InChI=1S/C15H14FNOS/c16-11-1-4-14(10(5-11)8-17)15(18)9-6-12-2-3-13(7-9)19-12/h1,4-5,9,12-13H,2-3,6-7H2. The summed E-state index contributed by atoms with van der Waals surface area (Å²) in [5.74, 6) is -0.433. The smallest absolute Gasteiger partial charge is 0.167 e. The highest BCUT2D eigenvalue weighted by atomic mass is 32.2. The number of hydrogen-bond acceptors (Lipinski definition) is 3. The zero-order chi connectivity index (χ0) is 13.4. The first kappa shape index (κ1) is 12.7. The predicted octanol–water partition coefficient (Wildman–Crippen LogP) is 3.55. The molecule has 2 atom stereocenters. The highest BCUT2D eigenvalue weighted by Crippen LogP contribution is 2.46. The Kier molecular flexibility index (Phi) is 3.32. The third-order valence-electron chi connectivity index (χ3n) is 4.03. The summed E-state index contributed by atoms with van der Waals surface area (Å²) in [6.45, 7) is 0. The lowest BCUT2D eigenvalue weighted by Crippen LogP contribution is -2.25. The highest BCUT2D eigenvalue weighted by Gasteiger charge is 2.38. The molecule has 4 heteroatoms. The van der Waals surface area contributed by atoms with Crippen molar-refractivity contribution in [2.75, 3.05) is 0 Å². The molecule has 3 rings (SSSR count). The molecule has 2 saturated heterocycles. The molecular weight excluding hydrogens is 261 g/mol. The fourth-order valence-corrected chi connectivity index (χ4v) is 4.89. The first-order chi connectivity index (χ1) is 9.17. The Morgan fingerprint density at radius 3 is 2.63 bits per heavy atom. The summed E-state index contributed by atoms with van der Waals surface area (Å²) in [4.78, 5) is 12.5. The molecule has 0 aromatic heterocycles. The van der Waals surface area contributed by atoms with Crippen LogP contribution in [0.3, 0.4) is 0 Å². The van der Waals surface area contributed by atoms with E-state index in [4.69, 9.17) is 5.26 Å². The van der Waals surface area contributed by atoms with Crippen LogP contribution < -0.4 is 0 Å². The van der Waals surface area contributed by atoms with Crippen molar-refractivity contribution in [3.05, 3.63) is 35.1 Å². The summed E-state index contributed by atoms with van der Waals surface area (Å²) in [5, 5.41) is 10.2. The van der Waals surface area contributed by atoms with Crippen LogP contribution in [0.1, 0.15) is 41.6 Å². The van der Waals surface area contributed by atoms with Crippen LogP contribution in [-0.2, 0) is 0 Å². The van der Waals surface area contributed by atoms with E-state index in [1.54, 1.807) is 0 Å². The van der Waals surface area contributed by atoms with Crippen LogP contribution in [0.15, 0.2) is 18.2 Å². The second-order valence-corrected chi connectivity index (χ2v) is 6.90. The molecule has 2 fully saturated rings. The predicted molar refractivity (Wildman–Crippen MR) is 72.6 cm³/mol. The van der Waals surface area contributed by atoms with Gasteiger partial charge in [0, 0.05) is 22.0 Å². The molecule has 0 aliphatic carbocycles. The number of nitriles is 1. The molecule has 2 heterocycles. The van der Waals surface area contributed by atoms with Gasteiger partial charge in [0.1, 0.15) is 5.82 Å². The minimum absolute atomic E-state index is 0.0105. The molecule has 2 aliphatic heterocycles. The van der Waals surface area contributed by atoms with Crippen molar-refractivity contribution in [1.82, 2.24) is 0 Å². The number of rotatable bonds is 2. The Bertz CT molecular complexity index is 554. The van der Waals surface area contributed by atoms with Gasteiger partial charge in [-0.05, 0) is 43.9 Å².